The molecule has 0 aliphatic heterocycles. The predicted molar refractivity (Wildman–Crippen MR) is 66.1 cm³/mol. The van der Waals surface area contributed by atoms with E-state index >= 15 is 0 Å². The number of rotatable bonds is 5. The monoisotopic (exact) mass is 228 g/mol. The van der Waals surface area contributed by atoms with E-state index in [4.69, 9.17) is 10.6 Å². The summed E-state index contributed by atoms with van der Waals surface area (Å²) >= 11 is 0. The second-order valence-corrected chi connectivity index (χ2v) is 4.54. The van der Waals surface area contributed by atoms with Gasteiger partial charge in [-0.15, -0.1) is 0 Å². The highest BCUT2D eigenvalue weighted by atomic mass is 16.5. The normalized spacial score (nSPS) is 21.1. The molecule has 0 spiro atoms. The average molecular weight is 228 g/mol. The molecule has 0 saturated heterocycles. The van der Waals surface area contributed by atoms with Crippen LogP contribution in [0.4, 0.5) is 0 Å². The molecule has 1 atom stereocenters. The number of hydrogen-bond donors (Lipinski definition) is 3. The summed E-state index contributed by atoms with van der Waals surface area (Å²) in [6.07, 6.45) is 4.78. The third kappa shape index (κ3) is 3.35. The van der Waals surface area contributed by atoms with E-state index in [-0.39, 0.29) is 11.6 Å². The Bertz CT molecular complexity index is 233. The maximum Gasteiger partial charge on any atom is 0.206 e. The van der Waals surface area contributed by atoms with E-state index < -0.39 is 0 Å². The van der Waals surface area contributed by atoms with Crippen molar-refractivity contribution in [2.24, 2.45) is 10.8 Å². The number of aliphatic imine (C=N–C) groups is 1. The number of nitrogens with two attached hydrogens (primary N) is 1. The molecule has 1 aliphatic rings. The quantitative estimate of drug-likeness (QED) is 0.281. The summed E-state index contributed by atoms with van der Waals surface area (Å²) in [5.41, 5.74) is 2.84. The molecule has 1 saturated carbocycles. The lowest BCUT2D eigenvalue weighted by atomic mass is 9.75. The summed E-state index contributed by atoms with van der Waals surface area (Å²) in [6.45, 7) is 4.80. The molecule has 0 aromatic carbocycles. The Morgan fingerprint density at radius 1 is 1.56 bits per heavy atom. The zero-order valence-electron chi connectivity index (χ0n) is 10.5. The molecule has 0 heterocycles. The number of guanidine groups is 1. The maximum absolute atomic E-state index is 5.47. The van der Waals surface area contributed by atoms with Crippen LogP contribution in [0.5, 0.6) is 0 Å². The molecule has 1 aliphatic carbocycles. The first-order valence-electron chi connectivity index (χ1n) is 5.97. The van der Waals surface area contributed by atoms with Crippen LogP contribution in [0.1, 0.15) is 39.5 Å². The largest absolute Gasteiger partial charge is 0.382 e. The van der Waals surface area contributed by atoms with Gasteiger partial charge < -0.3 is 10.1 Å². The minimum Gasteiger partial charge on any atom is -0.382 e. The molecular weight excluding hydrogens is 204 g/mol. The van der Waals surface area contributed by atoms with Gasteiger partial charge in [-0.3, -0.25) is 5.43 Å². The Hall–Kier alpha value is -0.810. The highest BCUT2D eigenvalue weighted by molar-refractivity contribution is 5.80. The number of hydrazine groups is 1. The predicted octanol–water partition coefficient (Wildman–Crippen LogP) is 0.763. The van der Waals surface area contributed by atoms with Crippen molar-refractivity contribution in [3.63, 3.8) is 0 Å². The Kier molecular flexibility index (Phi) is 5.02. The molecule has 0 aromatic rings. The van der Waals surface area contributed by atoms with E-state index in [1.165, 1.54) is 19.3 Å². The molecule has 5 heteroatoms. The Morgan fingerprint density at radius 2 is 2.25 bits per heavy atom. The lowest BCUT2D eigenvalue weighted by molar-refractivity contribution is 0.184. The van der Waals surface area contributed by atoms with Crippen molar-refractivity contribution in [3.05, 3.63) is 0 Å². The topological polar surface area (TPSA) is 71.7 Å². The van der Waals surface area contributed by atoms with Gasteiger partial charge in [-0.1, -0.05) is 6.92 Å². The van der Waals surface area contributed by atoms with Gasteiger partial charge in [0.1, 0.15) is 0 Å². The third-order valence-corrected chi connectivity index (χ3v) is 3.27. The molecule has 1 rings (SSSR count). The van der Waals surface area contributed by atoms with Crippen molar-refractivity contribution >= 4 is 5.96 Å². The van der Waals surface area contributed by atoms with Gasteiger partial charge in [-0.2, -0.15) is 0 Å². The highest BCUT2D eigenvalue weighted by Crippen LogP contribution is 2.34. The number of nitrogens with zero attached hydrogens (tertiary/aromatic N) is 1. The molecule has 4 N–H and O–H groups in total. The van der Waals surface area contributed by atoms with Crippen LogP contribution in [0.25, 0.3) is 0 Å². The molecule has 1 fully saturated rings. The number of hydrogen-bond acceptors (Lipinski definition) is 3. The van der Waals surface area contributed by atoms with Crippen molar-refractivity contribution in [1.82, 2.24) is 10.7 Å². The van der Waals surface area contributed by atoms with Crippen LogP contribution >= 0.6 is 0 Å². The zero-order chi connectivity index (χ0) is 12.0. The van der Waals surface area contributed by atoms with Gasteiger partial charge in [0.25, 0.3) is 0 Å². The van der Waals surface area contributed by atoms with Crippen LogP contribution in [0.3, 0.4) is 0 Å². The lowest BCUT2D eigenvalue weighted by Crippen LogP contribution is -2.58. The minimum absolute atomic E-state index is 0.109. The molecule has 1 unspecified atom stereocenters. The van der Waals surface area contributed by atoms with Crippen LogP contribution in [0.15, 0.2) is 4.99 Å². The van der Waals surface area contributed by atoms with Gasteiger partial charge in [0, 0.05) is 12.6 Å². The second kappa shape index (κ2) is 6.06. The lowest BCUT2D eigenvalue weighted by Gasteiger charge is -2.42. The summed E-state index contributed by atoms with van der Waals surface area (Å²) in [7, 11) is 1.68. The smallest absolute Gasteiger partial charge is 0.206 e. The van der Waals surface area contributed by atoms with E-state index in [1.54, 1.807) is 7.11 Å². The van der Waals surface area contributed by atoms with Gasteiger partial charge in [-0.05, 0) is 32.6 Å². The highest BCUT2D eigenvalue weighted by Gasteiger charge is 2.35. The SMILES string of the molecule is CCC1(NC(=NC(C)COC)NN)CCC1. The Balaban J connectivity index is 2.53. The average Bonchev–Trinajstić information content (AvgIpc) is 2.22. The summed E-state index contributed by atoms with van der Waals surface area (Å²) in [6, 6.07) is 0.109. The number of ether oxygens (including phenoxy) is 1. The van der Waals surface area contributed by atoms with E-state index in [1.807, 2.05) is 6.92 Å². The summed E-state index contributed by atoms with van der Waals surface area (Å²) in [5, 5.41) is 3.41. The van der Waals surface area contributed by atoms with Gasteiger partial charge >= 0.3 is 0 Å². The fourth-order valence-electron chi connectivity index (χ4n) is 2.03. The molecule has 16 heavy (non-hydrogen) atoms. The second-order valence-electron chi connectivity index (χ2n) is 4.54. The first kappa shape index (κ1) is 13.3. The molecule has 0 radical (unpaired) electrons. The van der Waals surface area contributed by atoms with Crippen LogP contribution in [-0.4, -0.2) is 31.3 Å². The fraction of sp³-hybridized carbons (Fsp3) is 0.909. The number of methoxy groups -OCH3 is 1. The van der Waals surface area contributed by atoms with Gasteiger partial charge in [0.15, 0.2) is 0 Å². The van der Waals surface area contributed by atoms with Crippen molar-refractivity contribution in [2.45, 2.75) is 51.1 Å². The van der Waals surface area contributed by atoms with Gasteiger partial charge in [0.2, 0.25) is 5.96 Å². The number of nitrogens with one attached hydrogen (secondary N) is 2. The van der Waals surface area contributed by atoms with Crippen molar-refractivity contribution in [3.8, 4) is 0 Å². The summed E-state index contributed by atoms with van der Waals surface area (Å²) < 4.78 is 5.04. The first-order valence-corrected chi connectivity index (χ1v) is 5.97. The van der Waals surface area contributed by atoms with Crippen LogP contribution in [-0.2, 0) is 4.74 Å². The minimum atomic E-state index is 0.109. The molecule has 0 bridgehead atoms. The van der Waals surface area contributed by atoms with Crippen LogP contribution in [0.2, 0.25) is 0 Å². The zero-order valence-corrected chi connectivity index (χ0v) is 10.5. The van der Waals surface area contributed by atoms with E-state index in [0.717, 1.165) is 6.42 Å². The standard InChI is InChI=1S/C11H24N4O/c1-4-11(6-5-7-11)14-10(15-12)13-9(2)8-16-3/h9H,4-8,12H2,1-3H3,(H2,13,14,15). The summed E-state index contributed by atoms with van der Waals surface area (Å²) in [5.74, 6) is 6.15. The Morgan fingerprint density at radius 3 is 2.62 bits per heavy atom. The first-order chi connectivity index (χ1) is 7.65. The van der Waals surface area contributed by atoms with Crippen LogP contribution in [0, 0.1) is 0 Å². The van der Waals surface area contributed by atoms with Crippen LogP contribution < -0.4 is 16.6 Å². The molecule has 94 valence electrons. The fourth-order valence-corrected chi connectivity index (χ4v) is 2.03. The molecule has 0 amide bonds. The van der Waals surface area contributed by atoms with Crippen molar-refractivity contribution in [1.29, 1.82) is 0 Å². The van der Waals surface area contributed by atoms with Gasteiger partial charge in [0.05, 0.1) is 12.6 Å². The van der Waals surface area contributed by atoms with Crippen molar-refractivity contribution < 1.29 is 4.74 Å². The van der Waals surface area contributed by atoms with Crippen molar-refractivity contribution in [2.75, 3.05) is 13.7 Å². The third-order valence-electron chi connectivity index (χ3n) is 3.27. The summed E-state index contributed by atoms with van der Waals surface area (Å²) in [4.78, 5) is 4.44. The van der Waals surface area contributed by atoms with E-state index in [2.05, 4.69) is 22.7 Å². The molecule has 5 nitrogen and oxygen atoms in total. The molecular formula is C11H24N4O. The maximum atomic E-state index is 5.47. The van der Waals surface area contributed by atoms with Gasteiger partial charge in [-0.25, -0.2) is 10.8 Å². The van der Waals surface area contributed by atoms with E-state index in [9.17, 15) is 0 Å². The Labute approximate surface area is 97.8 Å². The molecule has 0 aromatic heterocycles. The van der Waals surface area contributed by atoms with E-state index in [0.29, 0.717) is 12.6 Å².